The lowest BCUT2D eigenvalue weighted by Crippen LogP contribution is -1.93. The van der Waals surface area contributed by atoms with E-state index in [-0.39, 0.29) is 0 Å². The Bertz CT molecular complexity index is 747. The highest BCUT2D eigenvalue weighted by Crippen LogP contribution is 2.25. The van der Waals surface area contributed by atoms with Crippen molar-refractivity contribution in [2.45, 2.75) is 0 Å². The summed E-state index contributed by atoms with van der Waals surface area (Å²) in [7, 11) is 0. The smallest absolute Gasteiger partial charge is 0.161 e. The lowest BCUT2D eigenvalue weighted by molar-refractivity contribution is 1.17. The molecule has 98 valence electrons. The van der Waals surface area contributed by atoms with Gasteiger partial charge in [0.1, 0.15) is 5.15 Å². The van der Waals surface area contributed by atoms with Crippen molar-refractivity contribution in [1.82, 2.24) is 15.0 Å². The van der Waals surface area contributed by atoms with E-state index in [9.17, 15) is 0 Å². The van der Waals surface area contributed by atoms with Gasteiger partial charge in [-0.1, -0.05) is 41.9 Å². The Morgan fingerprint density at radius 3 is 2.45 bits per heavy atom. The fourth-order valence-corrected chi connectivity index (χ4v) is 2.38. The highest BCUT2D eigenvalue weighted by atomic mass is 79.9. The molecule has 0 radical (unpaired) electrons. The second-order valence-corrected chi connectivity index (χ2v) is 5.46. The van der Waals surface area contributed by atoms with E-state index in [1.807, 2.05) is 36.4 Å². The zero-order valence-corrected chi connectivity index (χ0v) is 12.6. The summed E-state index contributed by atoms with van der Waals surface area (Å²) in [6.45, 7) is 0. The zero-order valence-electron chi connectivity index (χ0n) is 10.3. The number of halogens is 2. The van der Waals surface area contributed by atoms with E-state index in [2.05, 4.69) is 30.9 Å². The van der Waals surface area contributed by atoms with Crippen LogP contribution < -0.4 is 0 Å². The quantitative estimate of drug-likeness (QED) is 0.635. The van der Waals surface area contributed by atoms with Gasteiger partial charge in [0.25, 0.3) is 0 Å². The Hall–Kier alpha value is -1.78. The molecule has 0 amide bonds. The maximum Gasteiger partial charge on any atom is 0.161 e. The molecule has 0 aliphatic carbocycles. The van der Waals surface area contributed by atoms with Gasteiger partial charge in [0.2, 0.25) is 0 Å². The summed E-state index contributed by atoms with van der Waals surface area (Å²) in [5, 5.41) is 0.411. The average Bonchev–Trinajstić information content (AvgIpc) is 2.47. The molecule has 20 heavy (non-hydrogen) atoms. The van der Waals surface area contributed by atoms with Crippen molar-refractivity contribution >= 4 is 27.5 Å². The highest BCUT2D eigenvalue weighted by molar-refractivity contribution is 9.10. The molecule has 0 aliphatic heterocycles. The van der Waals surface area contributed by atoms with Crippen LogP contribution in [-0.2, 0) is 0 Å². The highest BCUT2D eigenvalue weighted by Gasteiger charge is 2.08. The second kappa shape index (κ2) is 5.69. The van der Waals surface area contributed by atoms with E-state index >= 15 is 0 Å². The Kier molecular flexibility index (Phi) is 3.76. The zero-order chi connectivity index (χ0) is 13.9. The molecule has 3 nitrogen and oxygen atoms in total. The molecule has 0 saturated carbocycles. The lowest BCUT2D eigenvalue weighted by atomic mass is 10.2. The SMILES string of the molecule is Clc1cc(-c2cncc(Br)c2)nc(-c2ccccc2)n1. The van der Waals surface area contributed by atoms with Gasteiger partial charge in [0, 0.05) is 34.1 Å². The fraction of sp³-hybridized carbons (Fsp3) is 0. The summed E-state index contributed by atoms with van der Waals surface area (Å²) < 4.78 is 0.894. The molecular formula is C15H9BrClN3. The summed E-state index contributed by atoms with van der Waals surface area (Å²) in [6.07, 6.45) is 3.47. The van der Waals surface area contributed by atoms with E-state index < -0.39 is 0 Å². The number of aromatic nitrogens is 3. The van der Waals surface area contributed by atoms with E-state index in [0.717, 1.165) is 21.3 Å². The third-order valence-corrected chi connectivity index (χ3v) is 3.35. The third-order valence-electron chi connectivity index (χ3n) is 2.73. The van der Waals surface area contributed by atoms with Crippen molar-refractivity contribution in [3.63, 3.8) is 0 Å². The lowest BCUT2D eigenvalue weighted by Gasteiger charge is -2.05. The maximum absolute atomic E-state index is 6.11. The van der Waals surface area contributed by atoms with Gasteiger partial charge in [-0.2, -0.15) is 0 Å². The van der Waals surface area contributed by atoms with Crippen LogP contribution in [0.4, 0.5) is 0 Å². The van der Waals surface area contributed by atoms with Crippen molar-refractivity contribution < 1.29 is 0 Å². The van der Waals surface area contributed by atoms with E-state index in [1.54, 1.807) is 18.5 Å². The minimum Gasteiger partial charge on any atom is -0.263 e. The van der Waals surface area contributed by atoms with Gasteiger partial charge in [0.15, 0.2) is 5.82 Å². The number of hydrogen-bond donors (Lipinski definition) is 0. The molecule has 0 aliphatic rings. The molecule has 0 fully saturated rings. The monoisotopic (exact) mass is 345 g/mol. The van der Waals surface area contributed by atoms with Crippen LogP contribution in [0.3, 0.4) is 0 Å². The van der Waals surface area contributed by atoms with Gasteiger partial charge >= 0.3 is 0 Å². The van der Waals surface area contributed by atoms with Crippen LogP contribution in [0.25, 0.3) is 22.6 Å². The van der Waals surface area contributed by atoms with Gasteiger partial charge in [0.05, 0.1) is 5.69 Å². The van der Waals surface area contributed by atoms with Crippen LogP contribution in [-0.4, -0.2) is 15.0 Å². The summed E-state index contributed by atoms with van der Waals surface area (Å²) in [5.74, 6) is 0.605. The largest absolute Gasteiger partial charge is 0.263 e. The molecule has 0 N–H and O–H groups in total. The molecule has 5 heteroatoms. The molecule has 0 bridgehead atoms. The number of rotatable bonds is 2. The van der Waals surface area contributed by atoms with Crippen LogP contribution in [0.5, 0.6) is 0 Å². The van der Waals surface area contributed by atoms with Crippen molar-refractivity contribution in [2.24, 2.45) is 0 Å². The molecule has 2 aromatic heterocycles. The first-order valence-electron chi connectivity index (χ1n) is 5.93. The van der Waals surface area contributed by atoms with Crippen LogP contribution in [0.15, 0.2) is 59.3 Å². The number of benzene rings is 1. The van der Waals surface area contributed by atoms with E-state index in [4.69, 9.17) is 11.6 Å². The van der Waals surface area contributed by atoms with Crippen molar-refractivity contribution in [3.8, 4) is 22.6 Å². The van der Waals surface area contributed by atoms with Crippen molar-refractivity contribution in [3.05, 3.63) is 64.5 Å². The van der Waals surface area contributed by atoms with Crippen LogP contribution >= 0.6 is 27.5 Å². The minimum absolute atomic E-state index is 0.411. The normalized spacial score (nSPS) is 10.5. The van der Waals surface area contributed by atoms with E-state index in [0.29, 0.717) is 11.0 Å². The molecule has 0 saturated heterocycles. The molecule has 0 spiro atoms. The van der Waals surface area contributed by atoms with Crippen molar-refractivity contribution in [2.75, 3.05) is 0 Å². The molecule has 0 unspecified atom stereocenters. The molecule has 2 heterocycles. The summed E-state index contributed by atoms with van der Waals surface area (Å²) >= 11 is 9.51. The molecule has 3 rings (SSSR count). The van der Waals surface area contributed by atoms with Gasteiger partial charge in [-0.05, 0) is 22.0 Å². The molecular weight excluding hydrogens is 338 g/mol. The molecule has 0 atom stereocenters. The van der Waals surface area contributed by atoms with Crippen LogP contribution in [0, 0.1) is 0 Å². The predicted octanol–water partition coefficient (Wildman–Crippen LogP) is 4.62. The summed E-state index contributed by atoms with van der Waals surface area (Å²) in [6, 6.07) is 13.4. The summed E-state index contributed by atoms with van der Waals surface area (Å²) in [5.41, 5.74) is 2.57. The topological polar surface area (TPSA) is 38.7 Å². The summed E-state index contributed by atoms with van der Waals surface area (Å²) in [4.78, 5) is 13.0. The first-order chi connectivity index (χ1) is 9.72. The van der Waals surface area contributed by atoms with Crippen LogP contribution in [0.1, 0.15) is 0 Å². The Balaban J connectivity index is 2.12. The number of nitrogens with zero attached hydrogens (tertiary/aromatic N) is 3. The molecule has 3 aromatic rings. The Labute approximate surface area is 129 Å². The minimum atomic E-state index is 0.411. The fourth-order valence-electron chi connectivity index (χ4n) is 1.83. The van der Waals surface area contributed by atoms with Gasteiger partial charge in [-0.3, -0.25) is 4.98 Å². The standard InChI is InChI=1S/C15H9BrClN3/c16-12-6-11(8-18-9-12)13-7-14(17)20-15(19-13)10-4-2-1-3-5-10/h1-9H. The number of hydrogen-bond acceptors (Lipinski definition) is 3. The first-order valence-corrected chi connectivity index (χ1v) is 7.10. The predicted molar refractivity (Wildman–Crippen MR) is 83.4 cm³/mol. The van der Waals surface area contributed by atoms with Gasteiger partial charge < -0.3 is 0 Å². The maximum atomic E-state index is 6.11. The molecule has 1 aromatic carbocycles. The second-order valence-electron chi connectivity index (χ2n) is 4.16. The average molecular weight is 347 g/mol. The first kappa shape index (κ1) is 13.2. The third kappa shape index (κ3) is 2.86. The van der Waals surface area contributed by atoms with E-state index in [1.165, 1.54) is 0 Å². The van der Waals surface area contributed by atoms with Gasteiger partial charge in [-0.25, -0.2) is 9.97 Å². The van der Waals surface area contributed by atoms with Crippen molar-refractivity contribution in [1.29, 1.82) is 0 Å². The van der Waals surface area contributed by atoms with Crippen LogP contribution in [0.2, 0.25) is 5.15 Å². The van der Waals surface area contributed by atoms with Gasteiger partial charge in [-0.15, -0.1) is 0 Å². The Morgan fingerprint density at radius 2 is 1.70 bits per heavy atom. The Morgan fingerprint density at radius 1 is 0.900 bits per heavy atom. The number of pyridine rings is 1.